The summed E-state index contributed by atoms with van der Waals surface area (Å²) < 4.78 is 0. The molecule has 5 nitrogen and oxygen atoms in total. The van der Waals surface area contributed by atoms with Gasteiger partial charge in [0.2, 0.25) is 0 Å². The van der Waals surface area contributed by atoms with Crippen molar-refractivity contribution >= 4 is 11.8 Å². The molecule has 110 valence electrons. The first kappa shape index (κ1) is 14.8. The van der Waals surface area contributed by atoms with Crippen LogP contribution in [-0.2, 0) is 0 Å². The van der Waals surface area contributed by atoms with Gasteiger partial charge in [0, 0.05) is 25.3 Å². The number of aryl methyl sites for hydroxylation is 1. The highest BCUT2D eigenvalue weighted by atomic mass is 16.4. The number of likely N-dealkylation sites (tertiary alicyclic amines) is 1. The number of aromatic nitrogens is 1. The van der Waals surface area contributed by atoms with E-state index >= 15 is 0 Å². The van der Waals surface area contributed by atoms with Crippen molar-refractivity contribution in [2.45, 2.75) is 32.7 Å². The van der Waals surface area contributed by atoms with Gasteiger partial charge in [0.15, 0.2) is 0 Å². The standard InChI is InChI=1S/C15H23N3O2/c1-4-18-9-5-6-12(18)10-17(3)14-13(15(19)20)8-7-11(2)16-14/h7-8,12H,4-6,9-10H2,1-3H3,(H,19,20). The Balaban J connectivity index is 2.18. The monoisotopic (exact) mass is 277 g/mol. The van der Waals surface area contributed by atoms with Gasteiger partial charge in [0.25, 0.3) is 0 Å². The molecule has 1 unspecified atom stereocenters. The number of hydrogen-bond acceptors (Lipinski definition) is 4. The maximum atomic E-state index is 11.3. The van der Waals surface area contributed by atoms with E-state index in [9.17, 15) is 9.90 Å². The zero-order valence-electron chi connectivity index (χ0n) is 12.5. The number of pyridine rings is 1. The van der Waals surface area contributed by atoms with E-state index < -0.39 is 5.97 Å². The fraction of sp³-hybridized carbons (Fsp3) is 0.600. The van der Waals surface area contributed by atoms with Crippen LogP contribution in [0.2, 0.25) is 0 Å². The first-order valence-corrected chi connectivity index (χ1v) is 7.19. The summed E-state index contributed by atoms with van der Waals surface area (Å²) >= 11 is 0. The lowest BCUT2D eigenvalue weighted by Gasteiger charge is -2.29. The van der Waals surface area contributed by atoms with Crippen molar-refractivity contribution in [3.63, 3.8) is 0 Å². The molecular weight excluding hydrogens is 254 g/mol. The molecule has 0 bridgehead atoms. The molecule has 2 rings (SSSR count). The molecule has 1 aliphatic rings. The van der Waals surface area contributed by atoms with Crippen LogP contribution in [0, 0.1) is 6.92 Å². The van der Waals surface area contributed by atoms with Crippen LogP contribution in [-0.4, -0.2) is 53.7 Å². The van der Waals surface area contributed by atoms with Crippen molar-refractivity contribution in [3.05, 3.63) is 23.4 Å². The summed E-state index contributed by atoms with van der Waals surface area (Å²) in [6, 6.07) is 3.88. The number of rotatable bonds is 5. The van der Waals surface area contributed by atoms with Crippen molar-refractivity contribution in [2.75, 3.05) is 31.6 Å². The van der Waals surface area contributed by atoms with Crippen molar-refractivity contribution in [2.24, 2.45) is 0 Å². The van der Waals surface area contributed by atoms with Gasteiger partial charge in [-0.25, -0.2) is 9.78 Å². The molecule has 1 aliphatic heterocycles. The number of anilines is 1. The lowest BCUT2D eigenvalue weighted by molar-refractivity contribution is 0.0697. The van der Waals surface area contributed by atoms with Crippen LogP contribution in [0.15, 0.2) is 12.1 Å². The molecule has 1 atom stereocenters. The Hall–Kier alpha value is -1.62. The minimum Gasteiger partial charge on any atom is -0.478 e. The molecule has 20 heavy (non-hydrogen) atoms. The third kappa shape index (κ3) is 3.10. The number of likely N-dealkylation sites (N-methyl/N-ethyl adjacent to an activating group) is 2. The third-order valence-corrected chi connectivity index (χ3v) is 4.00. The highest BCUT2D eigenvalue weighted by Gasteiger charge is 2.25. The van der Waals surface area contributed by atoms with Crippen molar-refractivity contribution in [3.8, 4) is 0 Å². The summed E-state index contributed by atoms with van der Waals surface area (Å²) in [5.41, 5.74) is 1.12. The van der Waals surface area contributed by atoms with Gasteiger partial charge in [-0.2, -0.15) is 0 Å². The molecule has 2 heterocycles. The lowest BCUT2D eigenvalue weighted by Crippen LogP contribution is -2.39. The molecule has 1 saturated heterocycles. The zero-order chi connectivity index (χ0) is 14.7. The minimum absolute atomic E-state index is 0.277. The first-order valence-electron chi connectivity index (χ1n) is 7.19. The van der Waals surface area contributed by atoms with Crippen LogP contribution < -0.4 is 4.90 Å². The van der Waals surface area contributed by atoms with E-state index in [-0.39, 0.29) is 5.56 Å². The second kappa shape index (κ2) is 6.22. The predicted octanol–water partition coefficient (Wildman–Crippen LogP) is 2.01. The second-order valence-electron chi connectivity index (χ2n) is 5.43. The average molecular weight is 277 g/mol. The highest BCUT2D eigenvalue weighted by molar-refractivity contribution is 5.93. The smallest absolute Gasteiger partial charge is 0.339 e. The number of carboxylic acid groups (broad SMARTS) is 1. The maximum absolute atomic E-state index is 11.3. The van der Waals surface area contributed by atoms with E-state index in [1.165, 1.54) is 12.8 Å². The summed E-state index contributed by atoms with van der Waals surface area (Å²) in [6.07, 6.45) is 2.39. The molecular formula is C15H23N3O2. The Labute approximate surface area is 120 Å². The molecule has 1 aromatic rings. The predicted molar refractivity (Wildman–Crippen MR) is 79.5 cm³/mol. The summed E-state index contributed by atoms with van der Waals surface area (Å²) in [7, 11) is 1.93. The average Bonchev–Trinajstić information content (AvgIpc) is 2.85. The number of aromatic carboxylic acids is 1. The Kier molecular flexibility index (Phi) is 4.60. The summed E-state index contributed by atoms with van der Waals surface area (Å²) in [5, 5.41) is 9.29. The van der Waals surface area contributed by atoms with Gasteiger partial charge in [-0.1, -0.05) is 6.92 Å². The fourth-order valence-electron chi connectivity index (χ4n) is 2.92. The first-order chi connectivity index (χ1) is 9.52. The van der Waals surface area contributed by atoms with E-state index in [1.807, 2.05) is 18.9 Å². The Morgan fingerprint density at radius 3 is 2.95 bits per heavy atom. The van der Waals surface area contributed by atoms with Crippen LogP contribution in [0.25, 0.3) is 0 Å². The summed E-state index contributed by atoms with van der Waals surface area (Å²) in [4.78, 5) is 20.2. The summed E-state index contributed by atoms with van der Waals surface area (Å²) in [6.45, 7) is 7.07. The Bertz CT molecular complexity index is 490. The molecule has 0 aliphatic carbocycles. The maximum Gasteiger partial charge on any atom is 0.339 e. The molecule has 0 spiro atoms. The molecule has 0 radical (unpaired) electrons. The van der Waals surface area contributed by atoms with Crippen LogP contribution >= 0.6 is 0 Å². The fourth-order valence-corrected chi connectivity index (χ4v) is 2.92. The van der Waals surface area contributed by atoms with Gasteiger partial charge in [-0.15, -0.1) is 0 Å². The molecule has 1 fully saturated rings. The van der Waals surface area contributed by atoms with Gasteiger partial charge in [-0.05, 0) is 45.0 Å². The SMILES string of the molecule is CCN1CCCC1CN(C)c1nc(C)ccc1C(=O)O. The summed E-state index contributed by atoms with van der Waals surface area (Å²) in [5.74, 6) is -0.349. The van der Waals surface area contributed by atoms with Gasteiger partial charge in [-0.3, -0.25) is 4.90 Å². The van der Waals surface area contributed by atoms with Crippen LogP contribution in [0.1, 0.15) is 35.8 Å². The second-order valence-corrected chi connectivity index (χ2v) is 5.43. The number of nitrogens with zero attached hydrogens (tertiary/aromatic N) is 3. The minimum atomic E-state index is -0.918. The van der Waals surface area contributed by atoms with Crippen molar-refractivity contribution in [1.82, 2.24) is 9.88 Å². The van der Waals surface area contributed by atoms with E-state index in [1.54, 1.807) is 12.1 Å². The molecule has 0 saturated carbocycles. The van der Waals surface area contributed by atoms with E-state index in [0.29, 0.717) is 11.9 Å². The normalized spacial score (nSPS) is 19.2. The lowest BCUT2D eigenvalue weighted by atomic mass is 10.2. The number of carboxylic acids is 1. The quantitative estimate of drug-likeness (QED) is 0.892. The van der Waals surface area contributed by atoms with Crippen LogP contribution in [0.5, 0.6) is 0 Å². The van der Waals surface area contributed by atoms with Gasteiger partial charge >= 0.3 is 5.97 Å². The molecule has 0 amide bonds. The number of hydrogen-bond donors (Lipinski definition) is 1. The number of carbonyl (C=O) groups is 1. The topological polar surface area (TPSA) is 56.7 Å². The van der Waals surface area contributed by atoms with Gasteiger partial charge in [0.1, 0.15) is 11.4 Å². The van der Waals surface area contributed by atoms with E-state index in [2.05, 4.69) is 16.8 Å². The molecule has 1 aromatic heterocycles. The van der Waals surface area contributed by atoms with Gasteiger partial charge < -0.3 is 10.0 Å². The Morgan fingerprint density at radius 2 is 2.30 bits per heavy atom. The van der Waals surface area contributed by atoms with E-state index in [4.69, 9.17) is 0 Å². The zero-order valence-corrected chi connectivity index (χ0v) is 12.5. The van der Waals surface area contributed by atoms with Crippen LogP contribution in [0.3, 0.4) is 0 Å². The molecule has 0 aromatic carbocycles. The molecule has 5 heteroatoms. The largest absolute Gasteiger partial charge is 0.478 e. The molecule has 1 N–H and O–H groups in total. The van der Waals surface area contributed by atoms with E-state index in [0.717, 1.165) is 25.3 Å². The highest BCUT2D eigenvalue weighted by Crippen LogP contribution is 2.22. The van der Waals surface area contributed by atoms with Crippen molar-refractivity contribution < 1.29 is 9.90 Å². The Morgan fingerprint density at radius 1 is 1.55 bits per heavy atom. The van der Waals surface area contributed by atoms with Crippen LogP contribution in [0.4, 0.5) is 5.82 Å². The van der Waals surface area contributed by atoms with Crippen molar-refractivity contribution in [1.29, 1.82) is 0 Å². The van der Waals surface area contributed by atoms with Gasteiger partial charge in [0.05, 0.1) is 0 Å². The third-order valence-electron chi connectivity index (χ3n) is 4.00.